The lowest BCUT2D eigenvalue weighted by atomic mass is 10.2. The van der Waals surface area contributed by atoms with E-state index in [0.29, 0.717) is 0 Å². The first-order valence-corrected chi connectivity index (χ1v) is 5.29. The molecule has 2 aromatic rings. The fourth-order valence-corrected chi connectivity index (χ4v) is 2.10. The van der Waals surface area contributed by atoms with Gasteiger partial charge in [-0.25, -0.2) is 4.79 Å². The van der Waals surface area contributed by atoms with E-state index in [1.54, 1.807) is 0 Å². The fourth-order valence-electron chi connectivity index (χ4n) is 2.10. The van der Waals surface area contributed by atoms with Gasteiger partial charge in [0.15, 0.2) is 0 Å². The third-order valence-corrected chi connectivity index (χ3v) is 2.87. The van der Waals surface area contributed by atoms with Crippen LogP contribution in [0.3, 0.4) is 0 Å². The molecule has 0 N–H and O–H groups in total. The summed E-state index contributed by atoms with van der Waals surface area (Å²) in [7, 11) is 1.42. The summed E-state index contributed by atoms with van der Waals surface area (Å²) in [4.78, 5) is 11.6. The number of esters is 1. The average Bonchev–Trinajstić information content (AvgIpc) is 2.63. The number of nitrogens with zero attached hydrogens (tertiary/aromatic N) is 1. The molecule has 0 fully saturated rings. The highest BCUT2D eigenvalue weighted by Gasteiger charge is 2.18. The minimum absolute atomic E-state index is 0.218. The van der Waals surface area contributed by atoms with Crippen molar-refractivity contribution in [3.05, 3.63) is 36.0 Å². The Morgan fingerprint density at radius 3 is 2.75 bits per heavy atom. The third kappa shape index (κ3) is 1.58. The maximum absolute atomic E-state index is 11.6. The van der Waals surface area contributed by atoms with Gasteiger partial charge in [0, 0.05) is 11.2 Å². The van der Waals surface area contributed by atoms with E-state index in [-0.39, 0.29) is 12.0 Å². The van der Waals surface area contributed by atoms with Crippen molar-refractivity contribution in [2.45, 2.75) is 19.9 Å². The van der Waals surface area contributed by atoms with Gasteiger partial charge in [-0.2, -0.15) is 0 Å². The Bertz CT molecular complexity index is 528. The Labute approximate surface area is 94.6 Å². The molecular formula is C13H15NO2. The second-order valence-corrected chi connectivity index (χ2v) is 3.91. The zero-order valence-electron chi connectivity index (χ0n) is 9.73. The normalized spacial score (nSPS) is 12.7. The van der Waals surface area contributed by atoms with Crippen molar-refractivity contribution in [2.24, 2.45) is 0 Å². The lowest BCUT2D eigenvalue weighted by Gasteiger charge is -2.14. The number of methoxy groups -OCH3 is 1. The second kappa shape index (κ2) is 4.00. The first kappa shape index (κ1) is 10.7. The first-order valence-electron chi connectivity index (χ1n) is 5.29. The molecule has 3 nitrogen and oxygen atoms in total. The average molecular weight is 217 g/mol. The molecule has 0 aliphatic rings. The number of para-hydroxylation sites is 1. The summed E-state index contributed by atoms with van der Waals surface area (Å²) in [5.74, 6) is -0.218. The molecule has 0 saturated heterocycles. The van der Waals surface area contributed by atoms with Crippen LogP contribution in [0.2, 0.25) is 0 Å². The smallest absolute Gasteiger partial charge is 0.328 e. The highest BCUT2D eigenvalue weighted by Crippen LogP contribution is 2.24. The number of fused-ring (bicyclic) bond motifs is 1. The van der Waals surface area contributed by atoms with Crippen LogP contribution < -0.4 is 0 Å². The number of aromatic nitrogens is 1. The molecule has 0 bridgehead atoms. The molecule has 1 atom stereocenters. The minimum Gasteiger partial charge on any atom is -0.467 e. The van der Waals surface area contributed by atoms with Crippen molar-refractivity contribution < 1.29 is 9.53 Å². The van der Waals surface area contributed by atoms with Gasteiger partial charge >= 0.3 is 5.97 Å². The van der Waals surface area contributed by atoms with Gasteiger partial charge in [0.25, 0.3) is 0 Å². The Balaban J connectivity index is 2.59. The SMILES string of the molecule is COC(=O)C(C)n1c(C)cc2ccccc21. The van der Waals surface area contributed by atoms with Crippen molar-refractivity contribution in [1.29, 1.82) is 0 Å². The van der Waals surface area contributed by atoms with Crippen LogP contribution in [-0.4, -0.2) is 17.6 Å². The molecule has 0 aliphatic heterocycles. The van der Waals surface area contributed by atoms with E-state index >= 15 is 0 Å². The standard InChI is InChI=1S/C13H15NO2/c1-9-8-11-6-4-5-7-12(11)14(9)10(2)13(15)16-3/h4-8,10H,1-3H3. The Kier molecular flexibility index (Phi) is 2.69. The lowest BCUT2D eigenvalue weighted by molar-refractivity contribution is -0.143. The van der Waals surface area contributed by atoms with Crippen LogP contribution in [-0.2, 0) is 9.53 Å². The molecule has 1 aromatic heterocycles. The van der Waals surface area contributed by atoms with Crippen LogP contribution in [0, 0.1) is 6.92 Å². The molecule has 0 aliphatic carbocycles. The first-order chi connectivity index (χ1) is 7.65. The van der Waals surface area contributed by atoms with Crippen molar-refractivity contribution >= 4 is 16.9 Å². The van der Waals surface area contributed by atoms with Crippen LogP contribution >= 0.6 is 0 Å². The van der Waals surface area contributed by atoms with Crippen molar-refractivity contribution in [1.82, 2.24) is 4.57 Å². The second-order valence-electron chi connectivity index (χ2n) is 3.91. The zero-order chi connectivity index (χ0) is 11.7. The van der Waals surface area contributed by atoms with Crippen LogP contribution in [0.25, 0.3) is 10.9 Å². The van der Waals surface area contributed by atoms with Gasteiger partial charge in [-0.1, -0.05) is 18.2 Å². The van der Waals surface area contributed by atoms with Crippen molar-refractivity contribution in [2.75, 3.05) is 7.11 Å². The molecule has 1 unspecified atom stereocenters. The van der Waals surface area contributed by atoms with E-state index < -0.39 is 0 Å². The van der Waals surface area contributed by atoms with E-state index in [1.165, 1.54) is 7.11 Å². The Morgan fingerprint density at radius 2 is 2.06 bits per heavy atom. The number of carbonyl (C=O) groups excluding carboxylic acids is 1. The molecule has 16 heavy (non-hydrogen) atoms. The Hall–Kier alpha value is -1.77. The number of rotatable bonds is 2. The predicted octanol–water partition coefficient (Wildman–Crippen LogP) is 2.68. The Morgan fingerprint density at radius 1 is 1.38 bits per heavy atom. The monoisotopic (exact) mass is 217 g/mol. The van der Waals surface area contributed by atoms with E-state index in [0.717, 1.165) is 16.6 Å². The largest absolute Gasteiger partial charge is 0.467 e. The number of ether oxygens (including phenoxy) is 1. The van der Waals surface area contributed by atoms with E-state index in [4.69, 9.17) is 4.74 Å². The molecule has 1 heterocycles. The van der Waals surface area contributed by atoms with Crippen LogP contribution in [0.15, 0.2) is 30.3 Å². The molecule has 1 aromatic carbocycles. The van der Waals surface area contributed by atoms with Gasteiger partial charge in [0.05, 0.1) is 7.11 Å². The summed E-state index contributed by atoms with van der Waals surface area (Å²) in [6, 6.07) is 9.82. The molecule has 0 amide bonds. The summed E-state index contributed by atoms with van der Waals surface area (Å²) >= 11 is 0. The highest BCUT2D eigenvalue weighted by atomic mass is 16.5. The van der Waals surface area contributed by atoms with Crippen LogP contribution in [0.1, 0.15) is 18.7 Å². The summed E-state index contributed by atoms with van der Waals surface area (Å²) in [6.07, 6.45) is 0. The van der Waals surface area contributed by atoms with Gasteiger partial charge in [-0.15, -0.1) is 0 Å². The molecule has 0 radical (unpaired) electrons. The summed E-state index contributed by atoms with van der Waals surface area (Å²) < 4.78 is 6.78. The number of hydrogen-bond donors (Lipinski definition) is 0. The van der Waals surface area contributed by atoms with Crippen molar-refractivity contribution in [3.63, 3.8) is 0 Å². The van der Waals surface area contributed by atoms with Gasteiger partial charge in [0.2, 0.25) is 0 Å². The molecule has 0 saturated carbocycles. The van der Waals surface area contributed by atoms with Crippen LogP contribution in [0.5, 0.6) is 0 Å². The quantitative estimate of drug-likeness (QED) is 0.724. The molecule has 3 heteroatoms. The number of benzene rings is 1. The fraction of sp³-hybridized carbons (Fsp3) is 0.308. The molecule has 0 spiro atoms. The van der Waals surface area contributed by atoms with Gasteiger partial charge in [-0.05, 0) is 31.4 Å². The lowest BCUT2D eigenvalue weighted by Crippen LogP contribution is -2.18. The van der Waals surface area contributed by atoms with E-state index in [2.05, 4.69) is 6.07 Å². The molecule has 2 rings (SSSR count). The maximum Gasteiger partial charge on any atom is 0.328 e. The van der Waals surface area contributed by atoms with E-state index in [1.807, 2.05) is 42.7 Å². The summed E-state index contributed by atoms with van der Waals surface area (Å²) in [5.41, 5.74) is 2.14. The summed E-state index contributed by atoms with van der Waals surface area (Å²) in [5, 5.41) is 1.15. The van der Waals surface area contributed by atoms with Crippen LogP contribution in [0.4, 0.5) is 0 Å². The van der Waals surface area contributed by atoms with E-state index in [9.17, 15) is 4.79 Å². The molecule has 84 valence electrons. The number of carbonyl (C=O) groups is 1. The molecular weight excluding hydrogens is 202 g/mol. The highest BCUT2D eigenvalue weighted by molar-refractivity contribution is 5.84. The zero-order valence-corrected chi connectivity index (χ0v) is 9.73. The maximum atomic E-state index is 11.6. The van der Waals surface area contributed by atoms with Gasteiger partial charge in [0.1, 0.15) is 6.04 Å². The minimum atomic E-state index is -0.287. The number of hydrogen-bond acceptors (Lipinski definition) is 2. The van der Waals surface area contributed by atoms with Gasteiger partial charge in [-0.3, -0.25) is 0 Å². The van der Waals surface area contributed by atoms with Gasteiger partial charge < -0.3 is 9.30 Å². The topological polar surface area (TPSA) is 31.2 Å². The predicted molar refractivity (Wildman–Crippen MR) is 63.4 cm³/mol. The number of aryl methyl sites for hydroxylation is 1. The van der Waals surface area contributed by atoms with Crippen molar-refractivity contribution in [3.8, 4) is 0 Å². The summed E-state index contributed by atoms with van der Waals surface area (Å²) in [6.45, 7) is 3.85. The third-order valence-electron chi connectivity index (χ3n) is 2.87.